The molecule has 2 unspecified atom stereocenters. The van der Waals surface area contributed by atoms with E-state index in [0.29, 0.717) is 11.8 Å². The third-order valence-electron chi connectivity index (χ3n) is 6.58. The van der Waals surface area contributed by atoms with Crippen molar-refractivity contribution in [2.45, 2.75) is 49.1 Å². The van der Waals surface area contributed by atoms with Crippen molar-refractivity contribution in [1.29, 1.82) is 0 Å². The Balaban J connectivity index is 2.01. The Labute approximate surface area is 180 Å². The van der Waals surface area contributed by atoms with E-state index in [1.54, 1.807) is 30.8 Å². The molecule has 28 heavy (non-hydrogen) atoms. The second-order valence-corrected chi connectivity index (χ2v) is 20.5. The molecule has 0 aromatic heterocycles. The minimum atomic E-state index is -1.73. The molecule has 0 saturated heterocycles. The first kappa shape index (κ1) is 20.2. The molecule has 2 heteroatoms. The first-order valence-corrected chi connectivity index (χ1v) is 21.9. The molecule has 4 rings (SSSR count). The molecular formula is C26H31HfSi. The van der Waals surface area contributed by atoms with E-state index in [1.807, 2.05) is 0 Å². The summed E-state index contributed by atoms with van der Waals surface area (Å²) in [6.07, 6.45) is 9.65. The number of fused-ring (bicyclic) bond motifs is 2. The predicted molar refractivity (Wildman–Crippen MR) is 123 cm³/mol. The Hall–Kier alpha value is -1.12. The maximum atomic E-state index is 2.56. The average molecular weight is 550 g/mol. The molecule has 0 aliphatic heterocycles. The molecule has 0 spiro atoms. The number of benzene rings is 1. The van der Waals surface area contributed by atoms with Gasteiger partial charge in [0.15, 0.2) is 0 Å². The molecule has 3 aliphatic rings. The van der Waals surface area contributed by atoms with Crippen LogP contribution in [0.3, 0.4) is 0 Å². The molecule has 1 aromatic rings. The maximum absolute atomic E-state index is 2.56. The minimum absolute atomic E-state index is 0.434. The van der Waals surface area contributed by atoms with Gasteiger partial charge in [-0.05, 0) is 0 Å². The summed E-state index contributed by atoms with van der Waals surface area (Å²) in [5.74, 6) is 0.964. The van der Waals surface area contributed by atoms with Crippen LogP contribution < -0.4 is 0 Å². The molecule has 1 aromatic carbocycles. The summed E-state index contributed by atoms with van der Waals surface area (Å²) in [5.41, 5.74) is 10.9. The van der Waals surface area contributed by atoms with Gasteiger partial charge in [0.25, 0.3) is 0 Å². The van der Waals surface area contributed by atoms with Crippen LogP contribution in [0.25, 0.3) is 6.08 Å². The van der Waals surface area contributed by atoms with Crippen LogP contribution in [0.4, 0.5) is 0 Å². The summed E-state index contributed by atoms with van der Waals surface area (Å²) >= 11 is -1.73. The van der Waals surface area contributed by atoms with Crippen LogP contribution in [-0.2, 0) is 21.4 Å². The van der Waals surface area contributed by atoms with E-state index in [-0.39, 0.29) is 0 Å². The van der Waals surface area contributed by atoms with Gasteiger partial charge >= 0.3 is 181 Å². The van der Waals surface area contributed by atoms with Gasteiger partial charge in [-0.15, -0.1) is 0 Å². The number of hydrogen-bond acceptors (Lipinski definition) is 0. The van der Waals surface area contributed by atoms with Crippen LogP contribution in [0.5, 0.6) is 0 Å². The van der Waals surface area contributed by atoms with Crippen molar-refractivity contribution in [3.05, 3.63) is 84.8 Å². The molecule has 0 saturated carbocycles. The molecule has 0 radical (unpaired) electrons. The first-order chi connectivity index (χ1) is 13.3. The quantitative estimate of drug-likeness (QED) is 0.344. The van der Waals surface area contributed by atoms with Gasteiger partial charge in [0.05, 0.1) is 0 Å². The Kier molecular flexibility index (Phi) is 5.48. The summed E-state index contributed by atoms with van der Waals surface area (Å²) in [5, 5.41) is 1.67. The van der Waals surface area contributed by atoms with Gasteiger partial charge in [-0.3, -0.25) is 0 Å². The van der Waals surface area contributed by atoms with Gasteiger partial charge in [-0.2, -0.15) is 0 Å². The van der Waals surface area contributed by atoms with Crippen LogP contribution in [0.15, 0.2) is 73.7 Å². The van der Waals surface area contributed by atoms with Crippen LogP contribution in [0.2, 0.25) is 22.5 Å². The average Bonchev–Trinajstić information content (AvgIpc) is 3.04. The zero-order valence-corrected chi connectivity index (χ0v) is 22.9. The van der Waals surface area contributed by atoms with Gasteiger partial charge in [0.1, 0.15) is 0 Å². The van der Waals surface area contributed by atoms with Crippen molar-refractivity contribution in [2.75, 3.05) is 0 Å². The van der Waals surface area contributed by atoms with Crippen LogP contribution in [0, 0.1) is 5.92 Å². The fourth-order valence-corrected chi connectivity index (χ4v) is 12.8. The standard InChI is InChI=1S/C24H25Si.2CH3.Hf/c1-15-13-18-9-6-7-11-20(18)22(15)23-16(2)14-19-10-8-12-21(25(4)5)17(3)24(19)23;;;/h6-13,17,22H,1-5H3;2*1H3;. The SMILES string of the molecule is CC1=Cc2ccccc2C1C1=C2C(=CC=CC(=[Si](C)C)C2C)[C]([Hf]([CH3])[CH3])=C1C. The summed E-state index contributed by atoms with van der Waals surface area (Å²) in [6.45, 7) is 12.1. The molecular weight excluding hydrogens is 519 g/mol. The Morgan fingerprint density at radius 3 is 2.39 bits per heavy atom. The van der Waals surface area contributed by atoms with Gasteiger partial charge < -0.3 is 0 Å². The van der Waals surface area contributed by atoms with Crippen LogP contribution in [-0.4, -0.2) is 13.6 Å². The number of rotatable bonds is 2. The van der Waals surface area contributed by atoms with Crippen molar-refractivity contribution >= 4 is 19.7 Å². The van der Waals surface area contributed by atoms with E-state index >= 15 is 0 Å². The van der Waals surface area contributed by atoms with Crippen LogP contribution in [0.1, 0.15) is 37.8 Å². The van der Waals surface area contributed by atoms with Gasteiger partial charge in [0, 0.05) is 0 Å². The molecule has 0 amide bonds. The Bertz CT molecular complexity index is 1040. The van der Waals surface area contributed by atoms with E-state index in [2.05, 4.69) is 91.8 Å². The van der Waals surface area contributed by atoms with Gasteiger partial charge in [0.2, 0.25) is 0 Å². The third kappa shape index (κ3) is 3.08. The summed E-state index contributed by atoms with van der Waals surface area (Å²) in [7, 11) is -0.472. The van der Waals surface area contributed by atoms with Crippen molar-refractivity contribution in [3.63, 3.8) is 0 Å². The molecule has 0 nitrogen and oxygen atoms in total. The number of allylic oxidation sites excluding steroid dienone is 9. The summed E-state index contributed by atoms with van der Waals surface area (Å²) in [4.78, 5) is 0. The fourth-order valence-electron chi connectivity index (χ4n) is 5.48. The summed E-state index contributed by atoms with van der Waals surface area (Å²) in [6, 6.07) is 9.03. The first-order valence-electron chi connectivity index (χ1n) is 10.4. The van der Waals surface area contributed by atoms with Crippen molar-refractivity contribution in [3.8, 4) is 0 Å². The van der Waals surface area contributed by atoms with E-state index in [1.165, 1.54) is 16.7 Å². The van der Waals surface area contributed by atoms with E-state index in [4.69, 9.17) is 0 Å². The molecule has 2 atom stereocenters. The van der Waals surface area contributed by atoms with Crippen LogP contribution >= 0.6 is 0 Å². The van der Waals surface area contributed by atoms with E-state index < -0.39 is 29.8 Å². The monoisotopic (exact) mass is 551 g/mol. The predicted octanol–water partition coefficient (Wildman–Crippen LogP) is 7.13. The normalized spacial score (nSPS) is 23.5. The molecule has 143 valence electrons. The Morgan fingerprint density at radius 2 is 1.71 bits per heavy atom. The Morgan fingerprint density at radius 1 is 1.00 bits per heavy atom. The molecule has 3 aliphatic carbocycles. The number of hydrogen-bond donors (Lipinski definition) is 0. The van der Waals surface area contributed by atoms with Gasteiger partial charge in [-0.1, -0.05) is 0 Å². The van der Waals surface area contributed by atoms with Crippen molar-refractivity contribution in [2.24, 2.45) is 5.92 Å². The molecule has 0 heterocycles. The van der Waals surface area contributed by atoms with Gasteiger partial charge in [-0.25, -0.2) is 0 Å². The van der Waals surface area contributed by atoms with Crippen molar-refractivity contribution in [1.82, 2.24) is 0 Å². The van der Waals surface area contributed by atoms with Crippen molar-refractivity contribution < 1.29 is 21.4 Å². The second kappa shape index (κ2) is 7.61. The summed E-state index contributed by atoms with van der Waals surface area (Å²) < 4.78 is 6.90. The van der Waals surface area contributed by atoms with E-state index in [0.717, 1.165) is 0 Å². The molecule has 0 N–H and O–H groups in total. The third-order valence-corrected chi connectivity index (χ3v) is 14.2. The fraction of sp³-hybridized carbons (Fsp3) is 0.346. The molecule has 0 fully saturated rings. The zero-order valence-electron chi connectivity index (χ0n) is 18.3. The second-order valence-electron chi connectivity index (χ2n) is 8.89. The zero-order chi connectivity index (χ0) is 20.2. The van der Waals surface area contributed by atoms with E-state index in [9.17, 15) is 0 Å². The topological polar surface area (TPSA) is 0 Å². The molecule has 0 bridgehead atoms.